The van der Waals surface area contributed by atoms with Gasteiger partial charge in [0.05, 0.1) is 38.1 Å². The van der Waals surface area contributed by atoms with E-state index in [0.29, 0.717) is 5.69 Å². The van der Waals surface area contributed by atoms with Crippen LogP contribution in [0.1, 0.15) is 0 Å². The van der Waals surface area contributed by atoms with Crippen LogP contribution >= 0.6 is 0 Å². The highest BCUT2D eigenvalue weighted by Crippen LogP contribution is 2.20. The van der Waals surface area contributed by atoms with E-state index in [-0.39, 0.29) is 4.90 Å². The lowest BCUT2D eigenvalue weighted by molar-refractivity contribution is -0.880. The summed E-state index contributed by atoms with van der Waals surface area (Å²) in [6, 6.07) is 16.0. The van der Waals surface area contributed by atoms with Crippen molar-refractivity contribution >= 4 is 21.4 Å². The van der Waals surface area contributed by atoms with Crippen molar-refractivity contribution < 1.29 is 13.3 Å². The molecule has 2 aromatic carbocycles. The third-order valence-corrected chi connectivity index (χ3v) is 5.55. The molecule has 0 bridgehead atoms. The number of piperazine rings is 1. The molecule has 2 aromatic rings. The number of nitrogens with zero attached hydrogens (tertiary/aromatic N) is 1. The molecule has 2 N–H and O–H groups in total. The van der Waals surface area contributed by atoms with E-state index in [1.165, 1.54) is 0 Å². The molecule has 0 saturated carbocycles. The Morgan fingerprint density at radius 2 is 1.57 bits per heavy atom. The van der Waals surface area contributed by atoms with Crippen LogP contribution in [0, 0.1) is 0 Å². The maximum atomic E-state index is 12.3. The fourth-order valence-electron chi connectivity index (χ4n) is 2.70. The molecule has 0 radical (unpaired) electrons. The highest BCUT2D eigenvalue weighted by molar-refractivity contribution is 7.92. The van der Waals surface area contributed by atoms with Gasteiger partial charge in [-0.05, 0) is 36.4 Å². The molecule has 0 amide bonds. The minimum Gasteiger partial charge on any atom is -0.360 e. The van der Waals surface area contributed by atoms with E-state index < -0.39 is 10.0 Å². The van der Waals surface area contributed by atoms with Crippen molar-refractivity contribution in [1.82, 2.24) is 0 Å². The van der Waals surface area contributed by atoms with Crippen molar-refractivity contribution in [1.29, 1.82) is 0 Å². The van der Waals surface area contributed by atoms with Gasteiger partial charge in [-0.3, -0.25) is 4.72 Å². The molecule has 6 heteroatoms. The van der Waals surface area contributed by atoms with Crippen molar-refractivity contribution in [3.05, 3.63) is 54.6 Å². The Hall–Kier alpha value is -2.05. The second-order valence-electron chi connectivity index (χ2n) is 5.91. The summed E-state index contributed by atoms with van der Waals surface area (Å²) in [4.78, 5) is 4.15. The van der Waals surface area contributed by atoms with Gasteiger partial charge in [-0.2, -0.15) is 0 Å². The average Bonchev–Trinajstić information content (AvgIpc) is 2.57. The molecule has 122 valence electrons. The average molecular weight is 332 g/mol. The van der Waals surface area contributed by atoms with E-state index in [9.17, 15) is 8.42 Å². The fourth-order valence-corrected chi connectivity index (χ4v) is 3.78. The Morgan fingerprint density at radius 3 is 2.17 bits per heavy atom. The first-order chi connectivity index (χ1) is 11.0. The zero-order valence-electron chi connectivity index (χ0n) is 13.2. The standard InChI is InChI=1S/C17H21N3O2S/c1-19-11-13-20(14-12-19)16-9-7-15(8-10-16)18-23(21,22)17-5-3-2-4-6-17/h2-10,18H,11-14H2,1H3/p+1. The molecule has 5 nitrogen and oxygen atoms in total. The summed E-state index contributed by atoms with van der Waals surface area (Å²) in [6.07, 6.45) is 0. The highest BCUT2D eigenvalue weighted by Gasteiger charge is 2.17. The van der Waals surface area contributed by atoms with Gasteiger partial charge in [0.2, 0.25) is 0 Å². The van der Waals surface area contributed by atoms with E-state index in [0.717, 1.165) is 31.9 Å². The molecule has 0 spiro atoms. The predicted octanol–water partition coefficient (Wildman–Crippen LogP) is 0.822. The summed E-state index contributed by atoms with van der Waals surface area (Å²) < 4.78 is 27.2. The lowest BCUT2D eigenvalue weighted by Crippen LogP contribution is -3.12. The zero-order chi connectivity index (χ0) is 16.3. The summed E-state index contributed by atoms with van der Waals surface area (Å²) in [5.74, 6) is 0. The van der Waals surface area contributed by atoms with Gasteiger partial charge in [0.25, 0.3) is 10.0 Å². The van der Waals surface area contributed by atoms with Crippen molar-refractivity contribution in [3.8, 4) is 0 Å². The molecular formula is C17H22N3O2S+. The molecular weight excluding hydrogens is 310 g/mol. The molecule has 1 aliphatic rings. The van der Waals surface area contributed by atoms with E-state index in [1.54, 1.807) is 35.2 Å². The molecule has 1 saturated heterocycles. The number of likely N-dealkylation sites (N-methyl/N-ethyl adjacent to an activating group) is 1. The number of hydrogen-bond donors (Lipinski definition) is 2. The van der Waals surface area contributed by atoms with Gasteiger partial charge in [-0.25, -0.2) is 8.42 Å². The molecule has 0 atom stereocenters. The lowest BCUT2D eigenvalue weighted by atomic mass is 10.2. The number of rotatable bonds is 4. The highest BCUT2D eigenvalue weighted by atomic mass is 32.2. The predicted molar refractivity (Wildman–Crippen MR) is 92.5 cm³/mol. The van der Waals surface area contributed by atoms with E-state index in [4.69, 9.17) is 0 Å². The summed E-state index contributed by atoms with van der Waals surface area (Å²) in [7, 11) is -1.32. The Bertz CT molecular complexity index is 737. The van der Waals surface area contributed by atoms with Crippen molar-refractivity contribution in [2.45, 2.75) is 4.90 Å². The van der Waals surface area contributed by atoms with Crippen LogP contribution in [-0.2, 0) is 10.0 Å². The Labute approximate surface area is 137 Å². The first-order valence-corrected chi connectivity index (χ1v) is 9.27. The van der Waals surface area contributed by atoms with Crippen LogP contribution in [0.4, 0.5) is 11.4 Å². The van der Waals surface area contributed by atoms with E-state index in [2.05, 4.69) is 16.7 Å². The molecule has 1 fully saturated rings. The van der Waals surface area contributed by atoms with E-state index >= 15 is 0 Å². The quantitative estimate of drug-likeness (QED) is 0.872. The van der Waals surface area contributed by atoms with Gasteiger partial charge in [0.15, 0.2) is 0 Å². The maximum Gasteiger partial charge on any atom is 0.261 e. The summed E-state index contributed by atoms with van der Waals surface area (Å²) >= 11 is 0. The van der Waals surface area contributed by atoms with Gasteiger partial charge in [0.1, 0.15) is 0 Å². The van der Waals surface area contributed by atoms with Gasteiger partial charge in [0, 0.05) is 11.4 Å². The molecule has 23 heavy (non-hydrogen) atoms. The minimum absolute atomic E-state index is 0.270. The van der Waals surface area contributed by atoms with Crippen LogP contribution in [0.3, 0.4) is 0 Å². The number of anilines is 2. The smallest absolute Gasteiger partial charge is 0.261 e. The zero-order valence-corrected chi connectivity index (χ0v) is 14.0. The van der Waals surface area contributed by atoms with Gasteiger partial charge >= 0.3 is 0 Å². The van der Waals surface area contributed by atoms with Crippen LogP contribution in [0.25, 0.3) is 0 Å². The molecule has 0 aliphatic carbocycles. The number of quaternary nitrogens is 1. The number of nitrogens with one attached hydrogen (secondary N) is 2. The Balaban J connectivity index is 1.70. The lowest BCUT2D eigenvalue weighted by Gasteiger charge is -2.31. The molecule has 1 aliphatic heterocycles. The fraction of sp³-hybridized carbons (Fsp3) is 0.294. The first kappa shape index (κ1) is 15.8. The molecule has 3 rings (SSSR count). The molecule has 1 heterocycles. The topological polar surface area (TPSA) is 53.9 Å². The SMILES string of the molecule is C[NH+]1CCN(c2ccc(NS(=O)(=O)c3ccccc3)cc2)CC1. The second kappa shape index (κ2) is 6.60. The monoisotopic (exact) mass is 332 g/mol. The van der Waals surface area contributed by atoms with Gasteiger partial charge in [-0.1, -0.05) is 18.2 Å². The summed E-state index contributed by atoms with van der Waals surface area (Å²) in [6.45, 7) is 4.31. The number of sulfonamides is 1. The molecule has 0 unspecified atom stereocenters. The normalized spacial score (nSPS) is 16.3. The van der Waals surface area contributed by atoms with E-state index in [1.807, 2.05) is 24.3 Å². The van der Waals surface area contributed by atoms with Gasteiger partial charge in [-0.15, -0.1) is 0 Å². The first-order valence-electron chi connectivity index (χ1n) is 7.79. The van der Waals surface area contributed by atoms with Crippen molar-refractivity contribution in [2.24, 2.45) is 0 Å². The Morgan fingerprint density at radius 1 is 0.957 bits per heavy atom. The van der Waals surface area contributed by atoms with Crippen LogP contribution in [0.5, 0.6) is 0 Å². The van der Waals surface area contributed by atoms with Crippen LogP contribution in [0.15, 0.2) is 59.5 Å². The van der Waals surface area contributed by atoms with Crippen molar-refractivity contribution in [2.75, 3.05) is 42.8 Å². The van der Waals surface area contributed by atoms with Crippen LogP contribution in [-0.4, -0.2) is 41.6 Å². The largest absolute Gasteiger partial charge is 0.360 e. The third kappa shape index (κ3) is 3.83. The third-order valence-electron chi connectivity index (χ3n) is 4.16. The van der Waals surface area contributed by atoms with Gasteiger partial charge < -0.3 is 9.80 Å². The summed E-state index contributed by atoms with van der Waals surface area (Å²) in [5.41, 5.74) is 1.72. The van der Waals surface area contributed by atoms with Crippen molar-refractivity contribution in [3.63, 3.8) is 0 Å². The Kier molecular flexibility index (Phi) is 4.54. The second-order valence-corrected chi connectivity index (χ2v) is 7.59. The molecule has 0 aromatic heterocycles. The number of hydrogen-bond acceptors (Lipinski definition) is 3. The van der Waals surface area contributed by atoms with Crippen LogP contribution < -0.4 is 14.5 Å². The number of benzene rings is 2. The maximum absolute atomic E-state index is 12.3. The minimum atomic E-state index is -3.53. The van der Waals surface area contributed by atoms with Crippen LogP contribution in [0.2, 0.25) is 0 Å². The summed E-state index contributed by atoms with van der Waals surface area (Å²) in [5, 5.41) is 0.